The van der Waals surface area contributed by atoms with Crippen LogP contribution in [0.25, 0.3) is 0 Å². The maximum atomic E-state index is 9.13. The Morgan fingerprint density at radius 3 is 2.53 bits per heavy atom. The molecule has 2 atom stereocenters. The molecule has 0 heterocycles. The summed E-state index contributed by atoms with van der Waals surface area (Å²) < 4.78 is 0. The zero-order chi connectivity index (χ0) is 10.6. The van der Waals surface area contributed by atoms with Crippen molar-refractivity contribution in [3.8, 4) is 6.07 Å². The molecule has 0 fully saturated rings. The smallest absolute Gasteiger partial charge is 0.0950 e. The number of benzene rings is 1. The molecule has 0 radical (unpaired) electrons. The van der Waals surface area contributed by atoms with Crippen molar-refractivity contribution < 1.29 is 0 Å². The van der Waals surface area contributed by atoms with Gasteiger partial charge in [0.1, 0.15) is 0 Å². The molecule has 0 aromatic heterocycles. The van der Waals surface area contributed by atoms with E-state index in [0.29, 0.717) is 11.8 Å². The van der Waals surface area contributed by atoms with Crippen LogP contribution in [-0.4, -0.2) is 0 Å². The number of nitriles is 1. The highest BCUT2D eigenvalue weighted by atomic mass is 14.5. The van der Waals surface area contributed by atoms with Gasteiger partial charge in [-0.25, -0.2) is 0 Å². The summed E-state index contributed by atoms with van der Waals surface area (Å²) in [6, 6.07) is 10.9. The first kappa shape index (κ1) is 8.73. The van der Waals surface area contributed by atoms with Crippen molar-refractivity contribution in [2.45, 2.75) is 25.7 Å². The van der Waals surface area contributed by atoms with Crippen LogP contribution in [0.3, 0.4) is 0 Å². The van der Waals surface area contributed by atoms with E-state index < -0.39 is 0 Å². The lowest BCUT2D eigenvalue weighted by Crippen LogP contribution is -2.16. The van der Waals surface area contributed by atoms with Gasteiger partial charge in [0.2, 0.25) is 0 Å². The molecule has 15 heavy (non-hydrogen) atoms. The highest BCUT2D eigenvalue weighted by Crippen LogP contribution is 2.63. The van der Waals surface area contributed by atoms with Gasteiger partial charge in [-0.1, -0.05) is 44.2 Å². The van der Waals surface area contributed by atoms with Crippen LogP contribution < -0.4 is 0 Å². The van der Waals surface area contributed by atoms with Crippen LogP contribution in [0.4, 0.5) is 0 Å². The molecule has 0 aliphatic heterocycles. The Morgan fingerprint density at radius 2 is 1.87 bits per heavy atom. The van der Waals surface area contributed by atoms with Crippen molar-refractivity contribution in [2.75, 3.05) is 0 Å². The standard InChI is InChI=1S/C14H13N/c1-14(2)12-7-9(8-15)13(14)11-6-4-3-5-10(11)12/h3-7,12-13H,1-2H3. The number of nitrogens with zero attached hydrogens (tertiary/aromatic N) is 1. The van der Waals surface area contributed by atoms with Crippen LogP contribution >= 0.6 is 0 Å². The fraction of sp³-hybridized carbons (Fsp3) is 0.357. The first-order valence-electron chi connectivity index (χ1n) is 5.37. The van der Waals surface area contributed by atoms with E-state index in [1.165, 1.54) is 11.1 Å². The van der Waals surface area contributed by atoms with E-state index >= 15 is 0 Å². The van der Waals surface area contributed by atoms with Crippen LogP contribution in [0.5, 0.6) is 0 Å². The average molecular weight is 195 g/mol. The minimum atomic E-state index is 0.189. The van der Waals surface area contributed by atoms with E-state index in [0.717, 1.165) is 5.57 Å². The van der Waals surface area contributed by atoms with Crippen molar-refractivity contribution in [2.24, 2.45) is 5.41 Å². The zero-order valence-electron chi connectivity index (χ0n) is 8.99. The Hall–Kier alpha value is -1.55. The summed E-state index contributed by atoms with van der Waals surface area (Å²) in [6.45, 7) is 4.53. The van der Waals surface area contributed by atoms with Gasteiger partial charge in [-0.2, -0.15) is 5.26 Å². The fourth-order valence-corrected chi connectivity index (χ4v) is 3.29. The molecule has 1 aromatic carbocycles. The van der Waals surface area contributed by atoms with E-state index in [1.54, 1.807) is 0 Å². The lowest BCUT2D eigenvalue weighted by atomic mass is 9.77. The second kappa shape index (κ2) is 2.52. The van der Waals surface area contributed by atoms with Gasteiger partial charge < -0.3 is 0 Å². The first-order chi connectivity index (χ1) is 7.16. The monoisotopic (exact) mass is 195 g/mol. The molecule has 2 aliphatic carbocycles. The molecule has 2 bridgehead atoms. The van der Waals surface area contributed by atoms with Crippen molar-refractivity contribution in [3.63, 3.8) is 0 Å². The molecule has 0 amide bonds. The van der Waals surface area contributed by atoms with Crippen molar-refractivity contribution in [1.29, 1.82) is 5.26 Å². The number of hydrogen-bond donors (Lipinski definition) is 0. The normalized spacial score (nSPS) is 29.5. The summed E-state index contributed by atoms with van der Waals surface area (Å²) in [4.78, 5) is 0. The van der Waals surface area contributed by atoms with E-state index in [9.17, 15) is 0 Å². The topological polar surface area (TPSA) is 23.8 Å². The number of rotatable bonds is 0. The Labute approximate surface area is 90.0 Å². The van der Waals surface area contributed by atoms with Crippen molar-refractivity contribution in [3.05, 3.63) is 47.0 Å². The molecule has 2 aliphatic rings. The third kappa shape index (κ3) is 0.874. The van der Waals surface area contributed by atoms with Crippen molar-refractivity contribution in [1.82, 2.24) is 0 Å². The van der Waals surface area contributed by atoms with E-state index in [-0.39, 0.29) is 5.41 Å². The quantitative estimate of drug-likeness (QED) is 0.622. The van der Waals surface area contributed by atoms with Crippen LogP contribution in [0.1, 0.15) is 36.8 Å². The van der Waals surface area contributed by atoms with Gasteiger partial charge in [0.05, 0.1) is 6.07 Å². The van der Waals surface area contributed by atoms with Gasteiger partial charge in [0.25, 0.3) is 0 Å². The van der Waals surface area contributed by atoms with E-state index in [1.807, 2.05) is 0 Å². The highest BCUT2D eigenvalue weighted by Gasteiger charge is 2.51. The second-order valence-corrected chi connectivity index (χ2v) is 5.09. The maximum Gasteiger partial charge on any atom is 0.0950 e. The molecule has 0 saturated carbocycles. The summed E-state index contributed by atoms with van der Waals surface area (Å²) >= 11 is 0. The Morgan fingerprint density at radius 1 is 1.20 bits per heavy atom. The summed E-state index contributed by atoms with van der Waals surface area (Å²) in [5, 5.41) is 9.13. The van der Waals surface area contributed by atoms with Crippen molar-refractivity contribution >= 4 is 0 Å². The summed E-state index contributed by atoms with van der Waals surface area (Å²) in [6.07, 6.45) is 2.16. The molecule has 1 nitrogen and oxygen atoms in total. The largest absolute Gasteiger partial charge is 0.193 e. The predicted octanol–water partition coefficient (Wildman–Crippen LogP) is 3.36. The van der Waals surface area contributed by atoms with Crippen LogP contribution in [0, 0.1) is 16.7 Å². The lowest BCUT2D eigenvalue weighted by Gasteiger charge is -2.25. The van der Waals surface area contributed by atoms with E-state index in [4.69, 9.17) is 5.26 Å². The summed E-state index contributed by atoms with van der Waals surface area (Å²) in [5.41, 5.74) is 3.94. The van der Waals surface area contributed by atoms with Gasteiger partial charge in [0, 0.05) is 17.4 Å². The van der Waals surface area contributed by atoms with Crippen LogP contribution in [0.2, 0.25) is 0 Å². The maximum absolute atomic E-state index is 9.13. The SMILES string of the molecule is CC1(C)C2C=C(C#N)C1c1ccccc12. The molecule has 1 heteroatoms. The molecule has 0 saturated heterocycles. The molecule has 1 aromatic rings. The van der Waals surface area contributed by atoms with Gasteiger partial charge in [-0.3, -0.25) is 0 Å². The third-order valence-corrected chi connectivity index (χ3v) is 3.97. The molecule has 74 valence electrons. The van der Waals surface area contributed by atoms with Crippen LogP contribution in [-0.2, 0) is 0 Å². The second-order valence-electron chi connectivity index (χ2n) is 5.09. The molecule has 2 unspecified atom stereocenters. The third-order valence-electron chi connectivity index (χ3n) is 3.97. The molecular formula is C14H13N. The van der Waals surface area contributed by atoms with Gasteiger partial charge in [0.15, 0.2) is 0 Å². The highest BCUT2D eigenvalue weighted by molar-refractivity contribution is 5.58. The zero-order valence-corrected chi connectivity index (χ0v) is 8.99. The lowest BCUT2D eigenvalue weighted by molar-refractivity contribution is 0.340. The Bertz CT molecular complexity index is 502. The first-order valence-corrected chi connectivity index (χ1v) is 5.37. The Kier molecular flexibility index (Phi) is 1.47. The number of fused-ring (bicyclic) bond motifs is 5. The Balaban J connectivity index is 2.26. The predicted molar refractivity (Wildman–Crippen MR) is 59.4 cm³/mol. The van der Waals surface area contributed by atoms with Crippen LogP contribution in [0.15, 0.2) is 35.9 Å². The molecule has 3 rings (SSSR count). The number of hydrogen-bond acceptors (Lipinski definition) is 1. The average Bonchev–Trinajstić information content (AvgIpc) is 2.63. The van der Waals surface area contributed by atoms with E-state index in [2.05, 4.69) is 50.3 Å². The van der Waals surface area contributed by atoms with Gasteiger partial charge >= 0.3 is 0 Å². The minimum Gasteiger partial charge on any atom is -0.193 e. The van der Waals surface area contributed by atoms with Gasteiger partial charge in [-0.05, 0) is 16.5 Å². The molecular weight excluding hydrogens is 182 g/mol. The fourth-order valence-electron chi connectivity index (χ4n) is 3.29. The summed E-state index contributed by atoms with van der Waals surface area (Å²) in [7, 11) is 0. The molecule has 0 spiro atoms. The van der Waals surface area contributed by atoms with Gasteiger partial charge in [-0.15, -0.1) is 0 Å². The summed E-state index contributed by atoms with van der Waals surface area (Å²) in [5.74, 6) is 0.761. The minimum absolute atomic E-state index is 0.189. The molecule has 0 N–H and O–H groups in total. The number of allylic oxidation sites excluding steroid dienone is 2.